The van der Waals surface area contributed by atoms with Gasteiger partial charge in [-0.2, -0.15) is 4.31 Å². The van der Waals surface area contributed by atoms with Crippen LogP contribution in [0.25, 0.3) is 0 Å². The Bertz CT molecular complexity index is 1070. The lowest BCUT2D eigenvalue weighted by atomic mass is 9.95. The van der Waals surface area contributed by atoms with Crippen molar-refractivity contribution in [2.24, 2.45) is 5.92 Å². The fourth-order valence-electron chi connectivity index (χ4n) is 4.82. The van der Waals surface area contributed by atoms with E-state index in [-0.39, 0.29) is 16.8 Å². The van der Waals surface area contributed by atoms with Crippen molar-refractivity contribution < 1.29 is 13.2 Å². The third-order valence-corrected chi connectivity index (χ3v) is 9.16. The summed E-state index contributed by atoms with van der Waals surface area (Å²) in [4.78, 5) is 15.7. The van der Waals surface area contributed by atoms with E-state index in [0.717, 1.165) is 12.0 Å². The zero-order chi connectivity index (χ0) is 23.6. The normalized spacial score (nSPS) is 22.1. The second kappa shape index (κ2) is 9.74. The van der Waals surface area contributed by atoms with Gasteiger partial charge in [0.15, 0.2) is 0 Å². The van der Waals surface area contributed by atoms with E-state index in [1.807, 2.05) is 35.2 Å². The summed E-state index contributed by atoms with van der Waals surface area (Å²) in [7, 11) is -3.60. The van der Waals surface area contributed by atoms with Gasteiger partial charge in [-0.05, 0) is 55.0 Å². The molecule has 2 heterocycles. The minimum absolute atomic E-state index is 0.119. The molecule has 0 bridgehead atoms. The maximum atomic E-state index is 13.5. The number of carbonyl (C=O) groups excluding carboxylic acids is 1. The third kappa shape index (κ3) is 4.97. The predicted molar refractivity (Wildman–Crippen MR) is 130 cm³/mol. The van der Waals surface area contributed by atoms with Crippen LogP contribution in [-0.2, 0) is 21.2 Å². The highest BCUT2D eigenvalue weighted by Crippen LogP contribution is 2.36. The summed E-state index contributed by atoms with van der Waals surface area (Å²) in [6.07, 6.45) is 2.74. The molecule has 0 radical (unpaired) electrons. The van der Waals surface area contributed by atoms with Crippen LogP contribution in [0, 0.1) is 5.92 Å². The number of hydrogen-bond acceptors (Lipinski definition) is 4. The lowest BCUT2D eigenvalue weighted by Crippen LogP contribution is -2.60. The molecule has 0 saturated carbocycles. The molecule has 2 saturated heterocycles. The molecule has 2 atom stereocenters. The van der Waals surface area contributed by atoms with Gasteiger partial charge in [0.1, 0.15) is 0 Å². The molecule has 2 aromatic carbocycles. The van der Waals surface area contributed by atoms with Crippen molar-refractivity contribution in [3.8, 4) is 0 Å². The minimum Gasteiger partial charge on any atom is -0.323 e. The van der Waals surface area contributed by atoms with E-state index in [1.54, 1.807) is 24.3 Å². The van der Waals surface area contributed by atoms with Crippen LogP contribution in [-0.4, -0.2) is 54.9 Å². The van der Waals surface area contributed by atoms with Gasteiger partial charge < -0.3 is 4.90 Å². The van der Waals surface area contributed by atoms with Crippen LogP contribution in [0.3, 0.4) is 0 Å². The van der Waals surface area contributed by atoms with Crippen LogP contribution in [0.4, 0.5) is 0 Å². The Morgan fingerprint density at radius 3 is 2.33 bits per heavy atom. The standard InChI is InChI=1S/C25H32ClN3O3S/c1-3-19(2)18-29-24(30)23(17-20-7-5-4-6-8-20)27-25(29)13-15-28(16-14-25)33(31,32)22-11-9-21(26)10-12-22/h4-12,19,23,27H,3,13-18H2,1-2H3/t19-,23-/m0/s1. The van der Waals surface area contributed by atoms with Crippen molar-refractivity contribution >= 4 is 27.5 Å². The molecule has 178 valence electrons. The fraction of sp³-hybridized carbons (Fsp3) is 0.480. The van der Waals surface area contributed by atoms with E-state index in [1.165, 1.54) is 4.31 Å². The SMILES string of the molecule is CC[C@H](C)CN1C(=O)[C@H](Cc2ccccc2)NC12CCN(S(=O)(=O)c1ccc(Cl)cc1)CC2. The number of rotatable bonds is 7. The monoisotopic (exact) mass is 489 g/mol. The summed E-state index contributed by atoms with van der Waals surface area (Å²) in [5, 5.41) is 4.15. The van der Waals surface area contributed by atoms with Gasteiger partial charge in [0, 0.05) is 24.7 Å². The van der Waals surface area contributed by atoms with Crippen LogP contribution in [0.2, 0.25) is 5.02 Å². The summed E-state index contributed by atoms with van der Waals surface area (Å²) in [5.41, 5.74) is 0.609. The van der Waals surface area contributed by atoms with Gasteiger partial charge in [0.25, 0.3) is 0 Å². The highest BCUT2D eigenvalue weighted by atomic mass is 35.5. The summed E-state index contributed by atoms with van der Waals surface area (Å²) >= 11 is 5.93. The molecular formula is C25H32ClN3O3S. The predicted octanol–water partition coefficient (Wildman–Crippen LogP) is 3.91. The topological polar surface area (TPSA) is 69.7 Å². The van der Waals surface area contributed by atoms with Gasteiger partial charge in [-0.15, -0.1) is 0 Å². The van der Waals surface area contributed by atoms with Crippen molar-refractivity contribution in [3.63, 3.8) is 0 Å². The zero-order valence-corrected chi connectivity index (χ0v) is 20.8. The number of carbonyl (C=O) groups is 1. The molecule has 8 heteroatoms. The molecule has 0 unspecified atom stereocenters. The zero-order valence-electron chi connectivity index (χ0n) is 19.2. The molecule has 1 spiro atoms. The van der Waals surface area contributed by atoms with Crippen molar-refractivity contribution in [3.05, 3.63) is 65.2 Å². The van der Waals surface area contributed by atoms with E-state index in [9.17, 15) is 13.2 Å². The number of amides is 1. The first kappa shape index (κ1) is 24.2. The average molecular weight is 490 g/mol. The molecular weight excluding hydrogens is 458 g/mol. The van der Waals surface area contributed by atoms with E-state index in [2.05, 4.69) is 19.2 Å². The van der Waals surface area contributed by atoms with E-state index in [0.29, 0.717) is 49.8 Å². The molecule has 2 aliphatic rings. The molecule has 6 nitrogen and oxygen atoms in total. The Labute approximate surface area is 202 Å². The number of benzene rings is 2. The highest BCUT2D eigenvalue weighted by molar-refractivity contribution is 7.89. The van der Waals surface area contributed by atoms with Crippen molar-refractivity contribution in [2.45, 2.75) is 56.1 Å². The van der Waals surface area contributed by atoms with Crippen LogP contribution in [0.1, 0.15) is 38.7 Å². The van der Waals surface area contributed by atoms with E-state index in [4.69, 9.17) is 11.6 Å². The molecule has 2 fully saturated rings. The van der Waals surface area contributed by atoms with Gasteiger partial charge in [0.05, 0.1) is 16.6 Å². The average Bonchev–Trinajstić information content (AvgIpc) is 3.05. The Morgan fingerprint density at radius 2 is 1.73 bits per heavy atom. The van der Waals surface area contributed by atoms with E-state index < -0.39 is 15.7 Å². The lowest BCUT2D eigenvalue weighted by molar-refractivity contribution is -0.134. The Morgan fingerprint density at radius 1 is 1.09 bits per heavy atom. The lowest BCUT2D eigenvalue weighted by Gasteiger charge is -2.45. The molecule has 0 aromatic heterocycles. The van der Waals surface area contributed by atoms with Crippen LogP contribution in [0.15, 0.2) is 59.5 Å². The molecule has 4 rings (SSSR count). The maximum absolute atomic E-state index is 13.5. The summed E-state index contributed by atoms with van der Waals surface area (Å²) in [6, 6.07) is 16.0. The molecule has 2 aliphatic heterocycles. The van der Waals surface area contributed by atoms with Crippen molar-refractivity contribution in [1.82, 2.24) is 14.5 Å². The fourth-order valence-corrected chi connectivity index (χ4v) is 6.39. The number of piperidine rings is 1. The minimum atomic E-state index is -3.60. The Hall–Kier alpha value is -1.93. The molecule has 33 heavy (non-hydrogen) atoms. The van der Waals surface area contributed by atoms with E-state index >= 15 is 0 Å². The summed E-state index contributed by atoms with van der Waals surface area (Å²) in [5.74, 6) is 0.493. The summed E-state index contributed by atoms with van der Waals surface area (Å²) < 4.78 is 27.8. The molecule has 2 aromatic rings. The van der Waals surface area contributed by atoms with Crippen molar-refractivity contribution in [2.75, 3.05) is 19.6 Å². The number of nitrogens with zero attached hydrogens (tertiary/aromatic N) is 2. The van der Waals surface area contributed by atoms with Gasteiger partial charge in [-0.1, -0.05) is 62.2 Å². The van der Waals surface area contributed by atoms with Gasteiger partial charge in [0.2, 0.25) is 15.9 Å². The smallest absolute Gasteiger partial charge is 0.243 e. The number of hydrogen-bond donors (Lipinski definition) is 1. The number of sulfonamides is 1. The second-order valence-electron chi connectivity index (χ2n) is 9.24. The van der Waals surface area contributed by atoms with Crippen LogP contribution < -0.4 is 5.32 Å². The first-order chi connectivity index (χ1) is 15.7. The molecule has 1 N–H and O–H groups in total. The van der Waals surface area contributed by atoms with Gasteiger partial charge in [-0.25, -0.2) is 8.42 Å². The molecule has 1 amide bonds. The van der Waals surface area contributed by atoms with Crippen molar-refractivity contribution in [1.29, 1.82) is 0 Å². The molecule has 0 aliphatic carbocycles. The first-order valence-corrected chi connectivity index (χ1v) is 13.5. The first-order valence-electron chi connectivity index (χ1n) is 11.6. The number of nitrogens with one attached hydrogen (secondary N) is 1. The quantitative estimate of drug-likeness (QED) is 0.640. The Kier molecular flexibility index (Phi) is 7.15. The third-order valence-electron chi connectivity index (χ3n) is 7.00. The maximum Gasteiger partial charge on any atom is 0.243 e. The number of halogens is 1. The van der Waals surface area contributed by atoms with Gasteiger partial charge in [-0.3, -0.25) is 10.1 Å². The highest BCUT2D eigenvalue weighted by Gasteiger charge is 2.52. The Balaban J connectivity index is 1.53. The second-order valence-corrected chi connectivity index (χ2v) is 11.6. The van der Waals surface area contributed by atoms with Crippen LogP contribution in [0.5, 0.6) is 0 Å². The summed E-state index contributed by atoms with van der Waals surface area (Å²) in [6.45, 7) is 5.69. The van der Waals surface area contributed by atoms with Crippen LogP contribution >= 0.6 is 11.6 Å². The largest absolute Gasteiger partial charge is 0.323 e. The van der Waals surface area contributed by atoms with Gasteiger partial charge >= 0.3 is 0 Å².